The number of hydrogen-bond acceptors (Lipinski definition) is 6. The summed E-state index contributed by atoms with van der Waals surface area (Å²) < 4.78 is 12.5. The minimum Gasteiger partial charge on any atom is -0.497 e. The zero-order chi connectivity index (χ0) is 17.8. The van der Waals surface area contributed by atoms with Crippen LogP contribution < -0.4 is 14.8 Å². The smallest absolute Gasteiger partial charge is 0.274 e. The Labute approximate surface area is 144 Å². The lowest BCUT2D eigenvalue weighted by molar-refractivity contribution is 0.0936. The van der Waals surface area contributed by atoms with Crippen LogP contribution in [0.3, 0.4) is 0 Å². The Morgan fingerprint density at radius 3 is 2.48 bits per heavy atom. The highest BCUT2D eigenvalue weighted by molar-refractivity contribution is 5.92. The van der Waals surface area contributed by atoms with E-state index in [1.54, 1.807) is 26.5 Å². The van der Waals surface area contributed by atoms with Gasteiger partial charge in [0.25, 0.3) is 5.91 Å². The lowest BCUT2D eigenvalue weighted by atomic mass is 10.0. The zero-order valence-electron chi connectivity index (χ0n) is 14.1. The van der Waals surface area contributed by atoms with Crippen LogP contribution in [0.1, 0.15) is 27.9 Å². The van der Waals surface area contributed by atoms with E-state index in [4.69, 9.17) is 9.47 Å². The average Bonchev–Trinajstić information content (AvgIpc) is 3.31. The van der Waals surface area contributed by atoms with Crippen molar-refractivity contribution in [2.75, 3.05) is 14.2 Å². The van der Waals surface area contributed by atoms with Gasteiger partial charge in [0.1, 0.15) is 23.4 Å². The number of carbonyl (C=O) groups excluding carboxylic acids is 1. The average molecular weight is 342 g/mol. The number of aromatic nitrogens is 5. The third kappa shape index (κ3) is 3.44. The van der Waals surface area contributed by atoms with Crippen LogP contribution >= 0.6 is 0 Å². The lowest BCUT2D eigenvalue weighted by Crippen LogP contribution is -2.31. The minimum absolute atomic E-state index is 0.189. The molecule has 2 aromatic heterocycles. The van der Waals surface area contributed by atoms with Crippen LogP contribution in [0.25, 0.3) is 0 Å². The summed E-state index contributed by atoms with van der Waals surface area (Å²) in [5.41, 5.74) is 0.955. The fraction of sp³-hybridized carbons (Fsp3) is 0.250. The van der Waals surface area contributed by atoms with Crippen molar-refractivity contribution in [1.82, 2.24) is 30.3 Å². The maximum Gasteiger partial charge on any atom is 0.274 e. The van der Waals surface area contributed by atoms with Gasteiger partial charge in [0.05, 0.1) is 20.4 Å². The number of carbonyl (C=O) groups is 1. The first-order chi connectivity index (χ1) is 12.1. The Morgan fingerprint density at radius 2 is 1.96 bits per heavy atom. The number of nitrogens with zero attached hydrogens (tertiary/aromatic N) is 4. The number of methoxy groups -OCH3 is 2. The first-order valence-corrected chi connectivity index (χ1v) is 7.49. The Kier molecular flexibility index (Phi) is 4.64. The molecule has 25 heavy (non-hydrogen) atoms. The molecule has 1 aromatic carbocycles. The molecule has 0 saturated carbocycles. The summed E-state index contributed by atoms with van der Waals surface area (Å²) >= 11 is 0. The number of nitrogens with one attached hydrogen (secondary N) is 2. The van der Waals surface area contributed by atoms with Crippen molar-refractivity contribution in [3.63, 3.8) is 0 Å². The van der Waals surface area contributed by atoms with Crippen LogP contribution in [0.2, 0.25) is 0 Å². The number of H-pyrrole nitrogens is 1. The van der Waals surface area contributed by atoms with Crippen LogP contribution in [-0.2, 0) is 7.05 Å². The van der Waals surface area contributed by atoms with Gasteiger partial charge in [0, 0.05) is 25.5 Å². The van der Waals surface area contributed by atoms with Crippen LogP contribution in [0.5, 0.6) is 11.5 Å². The van der Waals surface area contributed by atoms with Gasteiger partial charge in [-0.1, -0.05) is 0 Å². The van der Waals surface area contributed by atoms with Gasteiger partial charge >= 0.3 is 0 Å². The standard InChI is InChI=1S/C16H18N6O3/c1-22-5-4-17-15(22)14(19-16(23)13-9-18-21-20-13)10-6-11(24-2)8-12(7-10)25-3/h4-9,14H,1-3H3,(H,19,23)(H,18,20,21)/t14-/m1/s1. The fourth-order valence-corrected chi connectivity index (χ4v) is 2.46. The summed E-state index contributed by atoms with van der Waals surface area (Å²) in [6.07, 6.45) is 4.83. The first kappa shape index (κ1) is 16.5. The second-order valence-corrected chi connectivity index (χ2v) is 5.30. The third-order valence-corrected chi connectivity index (χ3v) is 3.75. The Bertz CT molecular complexity index is 836. The number of imidazole rings is 1. The zero-order valence-corrected chi connectivity index (χ0v) is 14.1. The van der Waals surface area contributed by atoms with Gasteiger partial charge in [0.15, 0.2) is 5.69 Å². The van der Waals surface area contributed by atoms with E-state index in [9.17, 15) is 4.79 Å². The van der Waals surface area contributed by atoms with Gasteiger partial charge in [-0.15, -0.1) is 0 Å². The van der Waals surface area contributed by atoms with E-state index in [1.165, 1.54) is 6.20 Å². The molecule has 0 saturated heterocycles. The van der Waals surface area contributed by atoms with Gasteiger partial charge < -0.3 is 19.4 Å². The van der Waals surface area contributed by atoms with Crippen molar-refractivity contribution < 1.29 is 14.3 Å². The molecular formula is C16H18N6O3. The molecule has 0 spiro atoms. The van der Waals surface area contributed by atoms with Crippen LogP contribution in [0.15, 0.2) is 36.8 Å². The SMILES string of the molecule is COc1cc(OC)cc([C@@H](NC(=O)c2cn[nH]n2)c2nccn2C)c1. The Hall–Kier alpha value is -3.36. The van der Waals surface area contributed by atoms with Crippen molar-refractivity contribution in [3.05, 3.63) is 53.9 Å². The molecule has 3 aromatic rings. The van der Waals surface area contributed by atoms with E-state index in [2.05, 4.69) is 25.7 Å². The summed E-state index contributed by atoms with van der Waals surface area (Å²) in [7, 11) is 5.00. The molecule has 130 valence electrons. The highest BCUT2D eigenvalue weighted by atomic mass is 16.5. The van der Waals surface area contributed by atoms with Gasteiger partial charge in [-0.25, -0.2) is 4.98 Å². The van der Waals surface area contributed by atoms with Crippen LogP contribution in [-0.4, -0.2) is 45.1 Å². The van der Waals surface area contributed by atoms with E-state index in [1.807, 2.05) is 29.9 Å². The molecule has 9 nitrogen and oxygen atoms in total. The van der Waals surface area contributed by atoms with Crippen LogP contribution in [0, 0.1) is 0 Å². The maximum atomic E-state index is 12.5. The number of aromatic amines is 1. The molecular weight excluding hydrogens is 324 g/mol. The molecule has 2 N–H and O–H groups in total. The number of aryl methyl sites for hydroxylation is 1. The van der Waals surface area contributed by atoms with Crippen molar-refractivity contribution in [1.29, 1.82) is 0 Å². The molecule has 0 radical (unpaired) electrons. The summed E-state index contributed by atoms with van der Waals surface area (Å²) in [5, 5.41) is 12.8. The fourth-order valence-electron chi connectivity index (χ4n) is 2.46. The van der Waals surface area contributed by atoms with Crippen molar-refractivity contribution in [2.45, 2.75) is 6.04 Å². The predicted molar refractivity (Wildman–Crippen MR) is 88.4 cm³/mol. The van der Waals surface area contributed by atoms with Crippen molar-refractivity contribution in [3.8, 4) is 11.5 Å². The molecule has 9 heteroatoms. The number of ether oxygens (including phenoxy) is 2. The van der Waals surface area contributed by atoms with E-state index < -0.39 is 6.04 Å². The van der Waals surface area contributed by atoms with Gasteiger partial charge in [-0.05, 0) is 17.7 Å². The molecule has 0 bridgehead atoms. The number of amides is 1. The van der Waals surface area contributed by atoms with Gasteiger partial charge in [-0.2, -0.15) is 15.4 Å². The van der Waals surface area contributed by atoms with Crippen molar-refractivity contribution >= 4 is 5.91 Å². The largest absolute Gasteiger partial charge is 0.497 e. The molecule has 1 atom stereocenters. The van der Waals surface area contributed by atoms with Gasteiger partial charge in [0.2, 0.25) is 0 Å². The maximum absolute atomic E-state index is 12.5. The topological polar surface area (TPSA) is 107 Å². The molecule has 0 aliphatic rings. The summed E-state index contributed by atoms with van der Waals surface area (Å²) in [6.45, 7) is 0. The van der Waals surface area contributed by atoms with E-state index in [0.717, 1.165) is 5.56 Å². The second kappa shape index (κ2) is 7.04. The predicted octanol–water partition coefficient (Wildman–Crippen LogP) is 1.07. The summed E-state index contributed by atoms with van der Waals surface area (Å²) in [6, 6.07) is 4.89. The highest BCUT2D eigenvalue weighted by Crippen LogP contribution is 2.29. The molecule has 3 rings (SSSR count). The number of benzene rings is 1. The molecule has 0 aliphatic carbocycles. The van der Waals surface area contributed by atoms with Gasteiger partial charge in [-0.3, -0.25) is 4.79 Å². The molecule has 0 unspecified atom stereocenters. The third-order valence-electron chi connectivity index (χ3n) is 3.75. The molecule has 0 aliphatic heterocycles. The highest BCUT2D eigenvalue weighted by Gasteiger charge is 2.23. The number of rotatable bonds is 6. The molecule has 1 amide bonds. The normalized spacial score (nSPS) is 11.8. The van der Waals surface area contributed by atoms with Crippen molar-refractivity contribution in [2.24, 2.45) is 7.05 Å². The summed E-state index contributed by atoms with van der Waals surface area (Å²) in [4.78, 5) is 16.8. The molecule has 2 heterocycles. The number of hydrogen-bond donors (Lipinski definition) is 2. The Morgan fingerprint density at radius 1 is 1.24 bits per heavy atom. The van der Waals surface area contributed by atoms with E-state index in [0.29, 0.717) is 17.3 Å². The first-order valence-electron chi connectivity index (χ1n) is 7.49. The van der Waals surface area contributed by atoms with E-state index >= 15 is 0 Å². The quantitative estimate of drug-likeness (QED) is 0.694. The monoisotopic (exact) mass is 342 g/mol. The van der Waals surface area contributed by atoms with E-state index in [-0.39, 0.29) is 11.6 Å². The molecule has 0 fully saturated rings. The Balaban J connectivity index is 2.02. The van der Waals surface area contributed by atoms with Crippen LogP contribution in [0.4, 0.5) is 0 Å². The lowest BCUT2D eigenvalue weighted by Gasteiger charge is -2.20. The second-order valence-electron chi connectivity index (χ2n) is 5.30. The summed E-state index contributed by atoms with van der Waals surface area (Å²) in [5.74, 6) is 1.52. The minimum atomic E-state index is -0.520.